The number of hydrogen-bond acceptors (Lipinski definition) is 5. The Labute approximate surface area is 136 Å². The normalized spacial score (nSPS) is 14.5. The van der Waals surface area contributed by atoms with E-state index < -0.39 is 23.0 Å². The molecule has 2 N–H and O–H groups in total. The fourth-order valence-electron chi connectivity index (χ4n) is 2.10. The number of carbonyl (C=O) groups excluding carboxylic acids is 1. The van der Waals surface area contributed by atoms with Crippen LogP contribution in [0.1, 0.15) is 6.42 Å². The molecule has 0 saturated heterocycles. The monoisotopic (exact) mass is 350 g/mol. The van der Waals surface area contributed by atoms with Gasteiger partial charge in [-0.1, -0.05) is 0 Å². The molecule has 0 bridgehead atoms. The predicted octanol–water partition coefficient (Wildman–Crippen LogP) is 1.36. The minimum atomic E-state index is -2.43. The van der Waals surface area contributed by atoms with Crippen LogP contribution in [0.25, 0.3) is 0 Å². The first-order chi connectivity index (χ1) is 10.1. The van der Waals surface area contributed by atoms with Gasteiger partial charge in [0.1, 0.15) is 0 Å². The SMILES string of the molecule is C=CC(=O)NCC(O)COCCC[SiH-](C)(OC)O[Si](C)(C)C. The van der Waals surface area contributed by atoms with Crippen molar-refractivity contribution in [2.24, 2.45) is 0 Å². The molecule has 1 atom stereocenters. The van der Waals surface area contributed by atoms with E-state index in [9.17, 15) is 9.90 Å². The molecule has 1 unspecified atom stereocenters. The van der Waals surface area contributed by atoms with Crippen LogP contribution < -0.4 is 5.32 Å². The number of rotatable bonds is 12. The molecule has 0 saturated carbocycles. The second-order valence-corrected chi connectivity index (χ2v) is 15.4. The molecule has 8 heteroatoms. The van der Waals surface area contributed by atoms with E-state index in [1.54, 1.807) is 7.11 Å². The van der Waals surface area contributed by atoms with Crippen LogP contribution in [0.5, 0.6) is 0 Å². The Hall–Kier alpha value is -0.516. The molecule has 0 aliphatic heterocycles. The second kappa shape index (κ2) is 10.3. The van der Waals surface area contributed by atoms with Crippen LogP contribution in [0.15, 0.2) is 12.7 Å². The van der Waals surface area contributed by atoms with Crippen molar-refractivity contribution < 1.29 is 23.2 Å². The van der Waals surface area contributed by atoms with E-state index in [-0.39, 0.29) is 19.1 Å². The zero-order valence-corrected chi connectivity index (χ0v) is 16.7. The molecule has 132 valence electrons. The van der Waals surface area contributed by atoms with Gasteiger partial charge in [0.25, 0.3) is 0 Å². The molecule has 1 amide bonds. The summed E-state index contributed by atoms with van der Waals surface area (Å²) in [6, 6.07) is 0.886. The van der Waals surface area contributed by atoms with Crippen molar-refractivity contribution in [1.82, 2.24) is 5.32 Å². The molecule has 0 rings (SSSR count). The third kappa shape index (κ3) is 11.1. The summed E-state index contributed by atoms with van der Waals surface area (Å²) >= 11 is 0. The van der Waals surface area contributed by atoms with Gasteiger partial charge in [0.15, 0.2) is 0 Å². The molecule has 0 heterocycles. The van der Waals surface area contributed by atoms with Gasteiger partial charge in [-0.15, -0.1) is 0 Å². The van der Waals surface area contributed by atoms with E-state index in [0.29, 0.717) is 6.61 Å². The first kappa shape index (κ1) is 21.5. The van der Waals surface area contributed by atoms with E-state index in [1.807, 2.05) is 0 Å². The maximum atomic E-state index is 10.9. The van der Waals surface area contributed by atoms with E-state index >= 15 is 0 Å². The Balaban J connectivity index is 3.86. The summed E-state index contributed by atoms with van der Waals surface area (Å²) in [4.78, 5) is 10.9. The molecule has 0 aromatic heterocycles. The Morgan fingerprint density at radius 3 is 2.59 bits per heavy atom. The van der Waals surface area contributed by atoms with Crippen LogP contribution >= 0.6 is 0 Å². The molecule has 0 radical (unpaired) electrons. The van der Waals surface area contributed by atoms with Gasteiger partial charge in [0, 0.05) is 0 Å². The molecular formula is C14H32NO5Si2-. The zero-order valence-electron chi connectivity index (χ0n) is 14.6. The van der Waals surface area contributed by atoms with Gasteiger partial charge in [-0.2, -0.15) is 0 Å². The minimum absolute atomic E-state index is 0.163. The molecule has 0 aliphatic rings. The molecular weight excluding hydrogens is 318 g/mol. The van der Waals surface area contributed by atoms with Crippen molar-refractivity contribution in [3.63, 3.8) is 0 Å². The molecule has 6 nitrogen and oxygen atoms in total. The number of ether oxygens (including phenoxy) is 1. The fraction of sp³-hybridized carbons (Fsp3) is 0.786. The van der Waals surface area contributed by atoms with Crippen LogP contribution in [-0.4, -0.2) is 60.9 Å². The zero-order chi connectivity index (χ0) is 17.2. The topological polar surface area (TPSA) is 77.0 Å². The van der Waals surface area contributed by atoms with Crippen LogP contribution in [0, 0.1) is 0 Å². The van der Waals surface area contributed by atoms with Crippen LogP contribution in [0.4, 0.5) is 0 Å². The van der Waals surface area contributed by atoms with Gasteiger partial charge in [-0.05, 0) is 0 Å². The molecule has 0 spiro atoms. The number of aliphatic hydroxyl groups excluding tert-OH is 1. The third-order valence-electron chi connectivity index (χ3n) is 3.13. The third-order valence-corrected chi connectivity index (χ3v) is 10.4. The summed E-state index contributed by atoms with van der Waals surface area (Å²) < 4.78 is 17.3. The van der Waals surface area contributed by atoms with Crippen molar-refractivity contribution in [1.29, 1.82) is 0 Å². The van der Waals surface area contributed by atoms with E-state index in [0.717, 1.165) is 12.5 Å². The van der Waals surface area contributed by atoms with Crippen LogP contribution in [0.2, 0.25) is 32.2 Å². The van der Waals surface area contributed by atoms with Crippen molar-refractivity contribution in [2.75, 3.05) is 26.9 Å². The molecule has 0 fully saturated rings. The standard InChI is InChI=1S/C14H32NO5Si2/c1-7-14(17)15-11-13(16)12-19-9-8-10-22(6,18-2)20-21(3,4)5/h7,13,16,22H,1,8-12H2,2-6H3,(H,15,17)/q-1. The average Bonchev–Trinajstić information content (AvgIpc) is 2.42. The van der Waals surface area contributed by atoms with Crippen molar-refractivity contribution in [3.05, 3.63) is 12.7 Å². The molecule has 0 aliphatic carbocycles. The Bertz CT molecular complexity index is 349. The number of aliphatic hydroxyl groups is 1. The fourth-order valence-corrected chi connectivity index (χ4v) is 10.1. The van der Waals surface area contributed by atoms with Crippen molar-refractivity contribution in [3.8, 4) is 0 Å². The number of hydrogen-bond donors (Lipinski definition) is 2. The van der Waals surface area contributed by atoms with Gasteiger partial charge >= 0.3 is 136 Å². The number of carbonyl (C=O) groups is 1. The Kier molecular flexibility index (Phi) is 10.1. The maximum absolute atomic E-state index is 10.9. The van der Waals surface area contributed by atoms with E-state index in [2.05, 4.69) is 38.1 Å². The van der Waals surface area contributed by atoms with Crippen molar-refractivity contribution >= 4 is 22.8 Å². The predicted molar refractivity (Wildman–Crippen MR) is 93.9 cm³/mol. The van der Waals surface area contributed by atoms with Gasteiger partial charge < -0.3 is 0 Å². The van der Waals surface area contributed by atoms with E-state index in [1.165, 1.54) is 6.08 Å². The van der Waals surface area contributed by atoms with Gasteiger partial charge in [-0.3, -0.25) is 0 Å². The summed E-state index contributed by atoms with van der Waals surface area (Å²) in [5.41, 5.74) is 0. The quantitative estimate of drug-likeness (QED) is 0.316. The molecule has 0 aromatic rings. The van der Waals surface area contributed by atoms with Gasteiger partial charge in [0.2, 0.25) is 0 Å². The molecule has 0 aromatic carbocycles. The first-order valence-electron chi connectivity index (χ1n) is 7.73. The first-order valence-corrected chi connectivity index (χ1v) is 14.0. The van der Waals surface area contributed by atoms with Crippen LogP contribution in [-0.2, 0) is 18.1 Å². The summed E-state index contributed by atoms with van der Waals surface area (Å²) in [5.74, 6) is -0.300. The summed E-state index contributed by atoms with van der Waals surface area (Å²) in [6.45, 7) is 12.8. The number of nitrogens with one attached hydrogen (secondary N) is 1. The number of amides is 1. The van der Waals surface area contributed by atoms with E-state index in [4.69, 9.17) is 13.3 Å². The molecule has 22 heavy (non-hydrogen) atoms. The van der Waals surface area contributed by atoms with Crippen molar-refractivity contribution in [2.45, 2.75) is 44.8 Å². The van der Waals surface area contributed by atoms with Gasteiger partial charge in [0.05, 0.1) is 0 Å². The Morgan fingerprint density at radius 1 is 1.45 bits per heavy atom. The second-order valence-electron chi connectivity index (χ2n) is 6.60. The average molecular weight is 351 g/mol. The summed E-state index contributed by atoms with van der Waals surface area (Å²) in [6.07, 6.45) is 1.30. The Morgan fingerprint density at radius 2 is 2.09 bits per heavy atom. The summed E-state index contributed by atoms with van der Waals surface area (Å²) in [5, 5.41) is 12.2. The van der Waals surface area contributed by atoms with Gasteiger partial charge in [-0.25, -0.2) is 0 Å². The van der Waals surface area contributed by atoms with Crippen LogP contribution in [0.3, 0.4) is 0 Å². The summed E-state index contributed by atoms with van der Waals surface area (Å²) in [7, 11) is -2.31.